The zero-order chi connectivity index (χ0) is 28.6. The van der Waals surface area contributed by atoms with Gasteiger partial charge in [0.05, 0.1) is 6.54 Å². The topological polar surface area (TPSA) is 57.6 Å². The Hall–Kier alpha value is -3.25. The zero-order valence-electron chi connectivity index (χ0n) is 24.3. The second-order valence-electron chi connectivity index (χ2n) is 11.1. The zero-order valence-corrected chi connectivity index (χ0v) is 25.1. The molecule has 214 valence electrons. The molecule has 2 aromatic carbocycles. The maximum atomic E-state index is 14.1. The summed E-state index contributed by atoms with van der Waals surface area (Å²) in [6.45, 7) is 9.24. The molecule has 0 bridgehead atoms. The van der Waals surface area contributed by atoms with Gasteiger partial charge in [-0.05, 0) is 74.9 Å². The molecule has 1 N–H and O–H groups in total. The number of carbonyl (C=O) groups excluding carboxylic acids is 2. The maximum absolute atomic E-state index is 14.1. The van der Waals surface area contributed by atoms with Gasteiger partial charge in [-0.3, -0.25) is 4.79 Å². The minimum Gasteiger partial charge on any atom is -0.345 e. The molecule has 0 aliphatic heterocycles. The number of benzene rings is 2. The fourth-order valence-electron chi connectivity index (χ4n) is 5.62. The summed E-state index contributed by atoms with van der Waals surface area (Å²) in [6.07, 6.45) is 8.25. The summed E-state index contributed by atoms with van der Waals surface area (Å²) in [4.78, 5) is 31.4. The molecular formula is C33H43ClN4O2. The molecule has 3 aromatic rings. The first-order valence-electron chi connectivity index (χ1n) is 14.6. The molecule has 1 aliphatic rings. The monoisotopic (exact) mass is 562 g/mol. The smallest absolute Gasteiger partial charge is 0.322 e. The van der Waals surface area contributed by atoms with Crippen molar-refractivity contribution in [2.24, 2.45) is 0 Å². The van der Waals surface area contributed by atoms with Gasteiger partial charge in [-0.15, -0.1) is 0 Å². The van der Waals surface area contributed by atoms with Gasteiger partial charge in [-0.25, -0.2) is 4.79 Å². The molecular weight excluding hydrogens is 520 g/mol. The molecule has 1 saturated carbocycles. The molecule has 1 heterocycles. The molecule has 1 unspecified atom stereocenters. The average molecular weight is 563 g/mol. The van der Waals surface area contributed by atoms with Crippen molar-refractivity contribution in [3.63, 3.8) is 0 Å². The number of hydrogen-bond acceptors (Lipinski definition) is 2. The van der Waals surface area contributed by atoms with Crippen molar-refractivity contribution in [3.05, 3.63) is 88.2 Å². The van der Waals surface area contributed by atoms with Gasteiger partial charge in [0.2, 0.25) is 5.91 Å². The average Bonchev–Trinajstić information content (AvgIpc) is 3.40. The van der Waals surface area contributed by atoms with Crippen LogP contribution in [0.2, 0.25) is 5.02 Å². The number of aryl methyl sites for hydroxylation is 2. The lowest BCUT2D eigenvalue weighted by atomic mass is 9.94. The van der Waals surface area contributed by atoms with Crippen LogP contribution in [0, 0.1) is 13.8 Å². The number of carbonyl (C=O) groups is 2. The Kier molecular flexibility index (Phi) is 10.3. The largest absolute Gasteiger partial charge is 0.345 e. The van der Waals surface area contributed by atoms with Crippen LogP contribution >= 0.6 is 11.6 Å². The lowest BCUT2D eigenvalue weighted by Gasteiger charge is -2.37. The van der Waals surface area contributed by atoms with Gasteiger partial charge in [0, 0.05) is 41.2 Å². The summed E-state index contributed by atoms with van der Waals surface area (Å²) in [5, 5.41) is 3.84. The summed E-state index contributed by atoms with van der Waals surface area (Å²) in [6, 6.07) is 17.8. The van der Waals surface area contributed by atoms with Gasteiger partial charge >= 0.3 is 6.03 Å². The fraction of sp³-hybridized carbons (Fsp3) is 0.455. The third kappa shape index (κ3) is 7.28. The van der Waals surface area contributed by atoms with E-state index in [1.54, 1.807) is 4.90 Å². The lowest BCUT2D eigenvalue weighted by molar-refractivity contribution is -0.136. The van der Waals surface area contributed by atoms with E-state index >= 15 is 0 Å². The van der Waals surface area contributed by atoms with Crippen molar-refractivity contribution in [2.45, 2.75) is 91.4 Å². The minimum absolute atomic E-state index is 0.00523. The minimum atomic E-state index is -0.231. The second-order valence-corrected chi connectivity index (χ2v) is 11.5. The van der Waals surface area contributed by atoms with Gasteiger partial charge in [0.1, 0.15) is 6.54 Å². The van der Waals surface area contributed by atoms with E-state index in [-0.39, 0.29) is 30.6 Å². The number of rotatable bonds is 10. The Morgan fingerprint density at radius 2 is 1.70 bits per heavy atom. The van der Waals surface area contributed by atoms with E-state index in [9.17, 15) is 9.59 Å². The highest BCUT2D eigenvalue weighted by atomic mass is 35.5. The van der Waals surface area contributed by atoms with Gasteiger partial charge < -0.3 is 19.7 Å². The number of urea groups is 1. The number of aromatic nitrogens is 1. The van der Waals surface area contributed by atoms with Crippen molar-refractivity contribution in [1.29, 1.82) is 0 Å². The molecule has 6 nitrogen and oxygen atoms in total. The molecule has 1 aromatic heterocycles. The normalized spacial score (nSPS) is 14.5. The quantitative estimate of drug-likeness (QED) is 0.274. The van der Waals surface area contributed by atoms with Gasteiger partial charge in [0.15, 0.2) is 0 Å². The lowest BCUT2D eigenvalue weighted by Crippen LogP contribution is -2.50. The third-order valence-electron chi connectivity index (χ3n) is 8.29. The SMILES string of the molecule is CCC(C)N(CC(=O)N(Cc1cccn1Cc1ccccc1Cl)C1CCCCC1)C(=O)Nc1c(C)cccc1C. The van der Waals surface area contributed by atoms with Crippen molar-refractivity contribution >= 4 is 29.2 Å². The van der Waals surface area contributed by atoms with Crippen LogP contribution in [0.1, 0.15) is 74.8 Å². The molecule has 1 aliphatic carbocycles. The van der Waals surface area contributed by atoms with Gasteiger partial charge in [-0.2, -0.15) is 0 Å². The third-order valence-corrected chi connectivity index (χ3v) is 8.66. The van der Waals surface area contributed by atoms with Crippen LogP contribution < -0.4 is 5.32 Å². The molecule has 0 radical (unpaired) electrons. The van der Waals surface area contributed by atoms with E-state index in [2.05, 4.69) is 22.9 Å². The second kappa shape index (κ2) is 13.9. The molecule has 1 atom stereocenters. The Balaban J connectivity index is 1.56. The predicted octanol–water partition coefficient (Wildman–Crippen LogP) is 7.80. The predicted molar refractivity (Wildman–Crippen MR) is 164 cm³/mol. The standard InChI is InChI=1S/C33H43ClN4O2/c1-5-26(4)37(33(40)35-32-24(2)13-11-14-25(32)3)23-31(39)38(28-16-7-6-8-17-28)22-29-18-12-20-36(29)21-27-15-9-10-19-30(27)34/h9-15,18-20,26,28H,5-8,16-17,21-23H2,1-4H3,(H,35,40). The Labute approximate surface area is 244 Å². The number of para-hydroxylation sites is 1. The van der Waals surface area contributed by atoms with Crippen LogP contribution in [-0.4, -0.2) is 44.9 Å². The van der Waals surface area contributed by atoms with Crippen LogP contribution in [0.4, 0.5) is 10.5 Å². The number of amides is 3. The van der Waals surface area contributed by atoms with Crippen molar-refractivity contribution in [3.8, 4) is 0 Å². The summed E-state index contributed by atoms with van der Waals surface area (Å²) in [7, 11) is 0. The molecule has 0 saturated heterocycles. The highest BCUT2D eigenvalue weighted by Crippen LogP contribution is 2.26. The van der Waals surface area contributed by atoms with E-state index in [4.69, 9.17) is 11.6 Å². The highest BCUT2D eigenvalue weighted by molar-refractivity contribution is 6.31. The Morgan fingerprint density at radius 1 is 1.00 bits per heavy atom. The van der Waals surface area contributed by atoms with Gasteiger partial charge in [0.25, 0.3) is 0 Å². The number of halogens is 1. The van der Waals surface area contributed by atoms with Crippen LogP contribution in [0.5, 0.6) is 0 Å². The fourth-order valence-corrected chi connectivity index (χ4v) is 5.82. The summed E-state index contributed by atoms with van der Waals surface area (Å²) >= 11 is 6.46. The van der Waals surface area contributed by atoms with E-state index < -0.39 is 0 Å². The van der Waals surface area contributed by atoms with Crippen LogP contribution in [0.15, 0.2) is 60.8 Å². The first-order valence-corrected chi connectivity index (χ1v) is 15.0. The van der Waals surface area contributed by atoms with Crippen LogP contribution in [0.25, 0.3) is 0 Å². The Morgan fingerprint density at radius 3 is 2.38 bits per heavy atom. The molecule has 40 heavy (non-hydrogen) atoms. The van der Waals surface area contributed by atoms with E-state index in [1.807, 2.05) is 80.4 Å². The van der Waals surface area contributed by atoms with Crippen molar-refractivity contribution in [1.82, 2.24) is 14.4 Å². The number of nitrogens with one attached hydrogen (secondary N) is 1. The first kappa shape index (κ1) is 29.7. The molecule has 3 amide bonds. The van der Waals surface area contributed by atoms with Gasteiger partial charge in [-0.1, -0.05) is 74.2 Å². The van der Waals surface area contributed by atoms with Crippen molar-refractivity contribution < 1.29 is 9.59 Å². The van der Waals surface area contributed by atoms with E-state index in [0.29, 0.717) is 13.1 Å². The summed E-state index contributed by atoms with van der Waals surface area (Å²) < 4.78 is 2.17. The summed E-state index contributed by atoms with van der Waals surface area (Å²) in [5.41, 5.74) is 4.94. The molecule has 7 heteroatoms. The summed E-state index contributed by atoms with van der Waals surface area (Å²) in [5.74, 6) is -0.00523. The van der Waals surface area contributed by atoms with Crippen LogP contribution in [-0.2, 0) is 17.9 Å². The van der Waals surface area contributed by atoms with Crippen LogP contribution in [0.3, 0.4) is 0 Å². The van der Waals surface area contributed by atoms with Crippen molar-refractivity contribution in [2.75, 3.05) is 11.9 Å². The first-order chi connectivity index (χ1) is 19.3. The highest BCUT2D eigenvalue weighted by Gasteiger charge is 2.30. The molecule has 0 spiro atoms. The number of nitrogens with zero attached hydrogens (tertiary/aromatic N) is 3. The number of hydrogen-bond donors (Lipinski definition) is 1. The molecule has 1 fully saturated rings. The number of anilines is 1. The molecule has 4 rings (SSSR count). The van der Waals surface area contributed by atoms with E-state index in [0.717, 1.165) is 65.2 Å². The van der Waals surface area contributed by atoms with E-state index in [1.165, 1.54) is 6.42 Å². The Bertz CT molecular complexity index is 1280. The maximum Gasteiger partial charge on any atom is 0.322 e.